The standard InChI is InChI=1S/C24H21N3O4/c1-16-8-7-9-17(14-16)24-26-23(27-31-24)18-10-3-5-12-20(18)30-15-22(28)25-19-11-4-6-13-21(19)29-2/h3-14H,15H2,1-2H3,(H,25,28). The maximum Gasteiger partial charge on any atom is 0.262 e. The maximum absolute atomic E-state index is 12.4. The van der Waals surface area contributed by atoms with E-state index >= 15 is 0 Å². The van der Waals surface area contributed by atoms with Crippen LogP contribution < -0.4 is 14.8 Å². The molecule has 1 heterocycles. The molecule has 0 spiro atoms. The first kappa shape index (κ1) is 20.2. The van der Waals surface area contributed by atoms with E-state index in [1.807, 2.05) is 61.5 Å². The number of ether oxygens (including phenoxy) is 2. The first-order valence-electron chi connectivity index (χ1n) is 9.70. The molecule has 0 aliphatic carbocycles. The van der Waals surface area contributed by atoms with Crippen LogP contribution in [0.3, 0.4) is 0 Å². The van der Waals surface area contributed by atoms with E-state index in [-0.39, 0.29) is 12.5 Å². The highest BCUT2D eigenvalue weighted by Gasteiger charge is 2.16. The van der Waals surface area contributed by atoms with Gasteiger partial charge in [0, 0.05) is 5.56 Å². The second-order valence-electron chi connectivity index (χ2n) is 6.83. The summed E-state index contributed by atoms with van der Waals surface area (Å²) < 4.78 is 16.4. The van der Waals surface area contributed by atoms with Gasteiger partial charge in [0.2, 0.25) is 5.82 Å². The third-order valence-electron chi connectivity index (χ3n) is 4.56. The van der Waals surface area contributed by atoms with Crippen molar-refractivity contribution in [1.29, 1.82) is 0 Å². The van der Waals surface area contributed by atoms with E-state index in [2.05, 4.69) is 15.5 Å². The number of hydrogen-bond acceptors (Lipinski definition) is 6. The van der Waals surface area contributed by atoms with Crippen LogP contribution in [0.2, 0.25) is 0 Å². The molecular weight excluding hydrogens is 394 g/mol. The van der Waals surface area contributed by atoms with E-state index in [1.165, 1.54) is 0 Å². The third-order valence-corrected chi connectivity index (χ3v) is 4.56. The van der Waals surface area contributed by atoms with E-state index in [4.69, 9.17) is 14.0 Å². The summed E-state index contributed by atoms with van der Waals surface area (Å²) in [5, 5.41) is 6.87. The van der Waals surface area contributed by atoms with Gasteiger partial charge in [-0.1, -0.05) is 47.1 Å². The average molecular weight is 415 g/mol. The van der Waals surface area contributed by atoms with E-state index < -0.39 is 0 Å². The molecule has 7 heteroatoms. The minimum atomic E-state index is -0.312. The van der Waals surface area contributed by atoms with Gasteiger partial charge in [-0.25, -0.2) is 0 Å². The molecule has 3 aromatic carbocycles. The number of carbonyl (C=O) groups excluding carboxylic acids is 1. The summed E-state index contributed by atoms with van der Waals surface area (Å²) in [4.78, 5) is 16.9. The number of aryl methyl sites for hydroxylation is 1. The van der Waals surface area contributed by atoms with Crippen molar-refractivity contribution in [2.24, 2.45) is 0 Å². The number of methoxy groups -OCH3 is 1. The van der Waals surface area contributed by atoms with Crippen LogP contribution in [0.5, 0.6) is 11.5 Å². The highest BCUT2D eigenvalue weighted by atomic mass is 16.5. The number of amides is 1. The Balaban J connectivity index is 1.49. The molecule has 0 aliphatic rings. The number of nitrogens with one attached hydrogen (secondary N) is 1. The van der Waals surface area contributed by atoms with Crippen molar-refractivity contribution in [1.82, 2.24) is 10.1 Å². The number of para-hydroxylation sites is 3. The van der Waals surface area contributed by atoms with Crippen molar-refractivity contribution in [3.05, 3.63) is 78.4 Å². The van der Waals surface area contributed by atoms with Crippen molar-refractivity contribution < 1.29 is 18.8 Å². The summed E-state index contributed by atoms with van der Waals surface area (Å²) in [6.45, 7) is 1.82. The molecule has 0 radical (unpaired) electrons. The van der Waals surface area contributed by atoms with Crippen LogP contribution in [0, 0.1) is 6.92 Å². The molecular formula is C24H21N3O4. The Kier molecular flexibility index (Phi) is 5.93. The van der Waals surface area contributed by atoms with Crippen LogP contribution in [0.25, 0.3) is 22.8 Å². The lowest BCUT2D eigenvalue weighted by molar-refractivity contribution is -0.118. The molecule has 31 heavy (non-hydrogen) atoms. The SMILES string of the molecule is COc1ccccc1NC(=O)COc1ccccc1-c1noc(-c2cccc(C)c2)n1. The molecule has 0 saturated heterocycles. The van der Waals surface area contributed by atoms with Gasteiger partial charge in [0.1, 0.15) is 11.5 Å². The molecule has 0 atom stereocenters. The molecule has 0 fully saturated rings. The number of hydrogen-bond donors (Lipinski definition) is 1. The first-order valence-corrected chi connectivity index (χ1v) is 9.70. The monoisotopic (exact) mass is 415 g/mol. The second kappa shape index (κ2) is 9.13. The van der Waals surface area contributed by atoms with Gasteiger partial charge in [-0.05, 0) is 43.3 Å². The van der Waals surface area contributed by atoms with E-state index in [0.717, 1.165) is 11.1 Å². The smallest absolute Gasteiger partial charge is 0.262 e. The van der Waals surface area contributed by atoms with Gasteiger partial charge in [0.25, 0.3) is 11.8 Å². The predicted octanol–water partition coefficient (Wildman–Crippen LogP) is 4.74. The first-order chi connectivity index (χ1) is 15.1. The summed E-state index contributed by atoms with van der Waals surface area (Å²) in [6.07, 6.45) is 0. The number of benzene rings is 3. The summed E-state index contributed by atoms with van der Waals surface area (Å²) in [5.74, 6) is 1.55. The molecule has 4 aromatic rings. The molecule has 1 N–H and O–H groups in total. The summed E-state index contributed by atoms with van der Waals surface area (Å²) in [5.41, 5.74) is 3.15. The lowest BCUT2D eigenvalue weighted by Crippen LogP contribution is -2.20. The Morgan fingerprint density at radius 2 is 1.77 bits per heavy atom. The zero-order valence-corrected chi connectivity index (χ0v) is 17.2. The van der Waals surface area contributed by atoms with Crippen LogP contribution in [-0.2, 0) is 4.79 Å². The molecule has 0 saturated carbocycles. The zero-order valence-electron chi connectivity index (χ0n) is 17.2. The molecule has 7 nitrogen and oxygen atoms in total. The Labute approximate surface area is 179 Å². The lowest BCUT2D eigenvalue weighted by atomic mass is 10.1. The number of aromatic nitrogens is 2. The Morgan fingerprint density at radius 1 is 1.00 bits per heavy atom. The summed E-state index contributed by atoms with van der Waals surface area (Å²) in [7, 11) is 1.55. The van der Waals surface area contributed by atoms with Crippen molar-refractivity contribution in [2.45, 2.75) is 6.92 Å². The molecule has 0 aliphatic heterocycles. The van der Waals surface area contributed by atoms with Crippen molar-refractivity contribution in [2.75, 3.05) is 19.0 Å². The van der Waals surface area contributed by atoms with Gasteiger partial charge in [0.15, 0.2) is 6.61 Å². The van der Waals surface area contributed by atoms with E-state index in [0.29, 0.717) is 34.5 Å². The fraction of sp³-hybridized carbons (Fsp3) is 0.125. The molecule has 0 bridgehead atoms. The number of rotatable bonds is 7. The van der Waals surface area contributed by atoms with Crippen LogP contribution in [-0.4, -0.2) is 29.8 Å². The number of nitrogens with zero attached hydrogens (tertiary/aromatic N) is 2. The van der Waals surface area contributed by atoms with Crippen LogP contribution in [0.1, 0.15) is 5.56 Å². The zero-order chi connectivity index (χ0) is 21.6. The highest BCUT2D eigenvalue weighted by Crippen LogP contribution is 2.30. The van der Waals surface area contributed by atoms with Gasteiger partial charge in [-0.15, -0.1) is 0 Å². The van der Waals surface area contributed by atoms with Gasteiger partial charge >= 0.3 is 0 Å². The molecule has 1 amide bonds. The predicted molar refractivity (Wildman–Crippen MR) is 117 cm³/mol. The van der Waals surface area contributed by atoms with Crippen molar-refractivity contribution in [3.63, 3.8) is 0 Å². The fourth-order valence-corrected chi connectivity index (χ4v) is 3.08. The molecule has 4 rings (SSSR count). The van der Waals surface area contributed by atoms with E-state index in [9.17, 15) is 4.79 Å². The van der Waals surface area contributed by atoms with Crippen LogP contribution in [0.4, 0.5) is 5.69 Å². The van der Waals surface area contributed by atoms with Crippen molar-refractivity contribution in [3.8, 4) is 34.3 Å². The van der Waals surface area contributed by atoms with Crippen LogP contribution in [0.15, 0.2) is 77.3 Å². The summed E-state index contributed by atoms with van der Waals surface area (Å²) >= 11 is 0. The lowest BCUT2D eigenvalue weighted by Gasteiger charge is -2.11. The molecule has 156 valence electrons. The minimum absolute atomic E-state index is 0.183. The maximum atomic E-state index is 12.4. The Hall–Kier alpha value is -4.13. The quantitative estimate of drug-likeness (QED) is 0.469. The van der Waals surface area contributed by atoms with Crippen molar-refractivity contribution >= 4 is 11.6 Å². The molecule has 1 aromatic heterocycles. The van der Waals surface area contributed by atoms with Gasteiger partial charge in [0.05, 0.1) is 18.4 Å². The molecule has 0 unspecified atom stereocenters. The Morgan fingerprint density at radius 3 is 2.58 bits per heavy atom. The number of carbonyl (C=O) groups is 1. The number of anilines is 1. The van der Waals surface area contributed by atoms with Crippen LogP contribution >= 0.6 is 0 Å². The average Bonchev–Trinajstić information content (AvgIpc) is 3.28. The second-order valence-corrected chi connectivity index (χ2v) is 6.83. The summed E-state index contributed by atoms with van der Waals surface area (Å²) in [6, 6.07) is 22.2. The topological polar surface area (TPSA) is 86.5 Å². The Bertz CT molecular complexity index is 1200. The van der Waals surface area contributed by atoms with Gasteiger partial charge < -0.3 is 19.3 Å². The normalized spacial score (nSPS) is 10.5. The largest absolute Gasteiger partial charge is 0.495 e. The highest BCUT2D eigenvalue weighted by molar-refractivity contribution is 5.93. The minimum Gasteiger partial charge on any atom is -0.495 e. The van der Waals surface area contributed by atoms with Gasteiger partial charge in [-0.2, -0.15) is 4.98 Å². The fourth-order valence-electron chi connectivity index (χ4n) is 3.08. The van der Waals surface area contributed by atoms with Gasteiger partial charge in [-0.3, -0.25) is 4.79 Å². The third kappa shape index (κ3) is 4.72. The van der Waals surface area contributed by atoms with E-state index in [1.54, 1.807) is 25.3 Å².